The van der Waals surface area contributed by atoms with Crippen molar-refractivity contribution < 1.29 is 14.3 Å². The number of hydrogen-bond donors (Lipinski definition) is 3. The van der Waals surface area contributed by atoms with Crippen LogP contribution in [0.5, 0.6) is 11.5 Å². The molecule has 3 N–H and O–H groups in total. The third kappa shape index (κ3) is 7.44. The summed E-state index contributed by atoms with van der Waals surface area (Å²) in [4.78, 5) is 12.5. The number of carbonyl (C=O) groups excluding carboxylic acids is 1. The SMILES string of the molecule is COc1ccc(CC(=O)NC(NC(=S)Nc2ccccc2)C(Cl)(Cl)Cl)cc1OC. The van der Waals surface area contributed by atoms with Crippen molar-refractivity contribution in [1.82, 2.24) is 10.6 Å². The van der Waals surface area contributed by atoms with Crippen LogP contribution < -0.4 is 25.4 Å². The Kier molecular flexibility index (Phi) is 8.64. The van der Waals surface area contributed by atoms with E-state index in [1.165, 1.54) is 14.2 Å². The summed E-state index contributed by atoms with van der Waals surface area (Å²) in [6.45, 7) is 0. The Labute approximate surface area is 189 Å². The lowest BCUT2D eigenvalue weighted by molar-refractivity contribution is -0.121. The van der Waals surface area contributed by atoms with Crippen LogP contribution in [0.25, 0.3) is 0 Å². The highest BCUT2D eigenvalue weighted by molar-refractivity contribution is 7.80. The maximum atomic E-state index is 12.5. The first-order chi connectivity index (χ1) is 13.7. The molecule has 10 heteroatoms. The molecule has 0 spiro atoms. The van der Waals surface area contributed by atoms with Crippen LogP contribution in [0.2, 0.25) is 0 Å². The standard InChI is InChI=1S/C19H20Cl3N3O3S/c1-27-14-9-8-12(10-15(14)28-2)11-16(26)24-17(19(20,21)22)25-18(29)23-13-6-4-3-5-7-13/h3-10,17H,11H2,1-2H3,(H,24,26)(H2,23,25,29). The number of rotatable bonds is 7. The van der Waals surface area contributed by atoms with E-state index in [0.717, 1.165) is 5.69 Å². The van der Waals surface area contributed by atoms with Crippen LogP contribution in [0.15, 0.2) is 48.5 Å². The molecule has 29 heavy (non-hydrogen) atoms. The maximum absolute atomic E-state index is 12.5. The molecule has 1 amide bonds. The molecular weight excluding hydrogens is 457 g/mol. The predicted molar refractivity (Wildman–Crippen MR) is 121 cm³/mol. The Hall–Kier alpha value is -1.93. The van der Waals surface area contributed by atoms with Crippen LogP contribution >= 0.6 is 47.0 Å². The predicted octanol–water partition coefficient (Wildman–Crippen LogP) is 4.05. The lowest BCUT2D eigenvalue weighted by Crippen LogP contribution is -2.56. The third-order valence-corrected chi connectivity index (χ3v) is 4.63. The minimum atomic E-state index is -1.84. The Bertz CT molecular complexity index is 848. The van der Waals surface area contributed by atoms with Crippen LogP contribution in [0.1, 0.15) is 5.56 Å². The molecule has 0 saturated heterocycles. The number of anilines is 1. The number of thiocarbonyl (C=S) groups is 1. The molecule has 1 atom stereocenters. The molecule has 0 aliphatic heterocycles. The van der Waals surface area contributed by atoms with E-state index in [4.69, 9.17) is 56.5 Å². The number of para-hydroxylation sites is 1. The van der Waals surface area contributed by atoms with E-state index >= 15 is 0 Å². The van der Waals surface area contributed by atoms with E-state index < -0.39 is 9.96 Å². The minimum Gasteiger partial charge on any atom is -0.493 e. The highest BCUT2D eigenvalue weighted by Crippen LogP contribution is 2.30. The first-order valence-electron chi connectivity index (χ1n) is 8.42. The number of hydrogen-bond acceptors (Lipinski definition) is 4. The van der Waals surface area contributed by atoms with E-state index in [0.29, 0.717) is 17.1 Å². The zero-order valence-corrected chi connectivity index (χ0v) is 18.8. The van der Waals surface area contributed by atoms with Gasteiger partial charge in [-0.3, -0.25) is 4.79 Å². The molecule has 0 aliphatic carbocycles. The number of ether oxygens (including phenoxy) is 2. The van der Waals surface area contributed by atoms with Crippen LogP contribution in [-0.4, -0.2) is 35.2 Å². The molecule has 156 valence electrons. The molecule has 6 nitrogen and oxygen atoms in total. The van der Waals surface area contributed by atoms with Gasteiger partial charge in [-0.2, -0.15) is 0 Å². The lowest BCUT2D eigenvalue weighted by atomic mass is 10.1. The largest absolute Gasteiger partial charge is 0.493 e. The number of amides is 1. The van der Waals surface area contributed by atoms with Gasteiger partial charge in [-0.15, -0.1) is 0 Å². The van der Waals surface area contributed by atoms with Gasteiger partial charge in [0.05, 0.1) is 20.6 Å². The zero-order valence-electron chi connectivity index (χ0n) is 15.7. The summed E-state index contributed by atoms with van der Waals surface area (Å²) in [5, 5.41) is 8.60. The van der Waals surface area contributed by atoms with Crippen molar-refractivity contribution in [3.63, 3.8) is 0 Å². The smallest absolute Gasteiger partial charge is 0.228 e. The van der Waals surface area contributed by atoms with Gasteiger partial charge < -0.3 is 25.4 Å². The minimum absolute atomic E-state index is 0.0398. The van der Waals surface area contributed by atoms with Crippen LogP contribution in [0.3, 0.4) is 0 Å². The van der Waals surface area contributed by atoms with Crippen molar-refractivity contribution in [2.24, 2.45) is 0 Å². The van der Waals surface area contributed by atoms with Crippen molar-refractivity contribution in [3.05, 3.63) is 54.1 Å². The summed E-state index contributed by atoms with van der Waals surface area (Å²) >= 11 is 23.3. The molecule has 0 fully saturated rings. The van der Waals surface area contributed by atoms with Crippen molar-refractivity contribution in [2.75, 3.05) is 19.5 Å². The van der Waals surface area contributed by atoms with E-state index in [2.05, 4.69) is 16.0 Å². The fourth-order valence-electron chi connectivity index (χ4n) is 2.41. The van der Waals surface area contributed by atoms with Crippen molar-refractivity contribution >= 4 is 63.7 Å². The number of nitrogens with one attached hydrogen (secondary N) is 3. The fraction of sp³-hybridized carbons (Fsp3) is 0.263. The van der Waals surface area contributed by atoms with E-state index in [1.807, 2.05) is 30.3 Å². The molecule has 0 heterocycles. The molecule has 2 rings (SSSR count). The first kappa shape index (κ1) is 23.3. The van der Waals surface area contributed by atoms with Crippen LogP contribution in [0, 0.1) is 0 Å². The zero-order chi connectivity index (χ0) is 21.4. The first-order valence-corrected chi connectivity index (χ1v) is 9.96. The van der Waals surface area contributed by atoms with E-state index in [9.17, 15) is 4.79 Å². The van der Waals surface area contributed by atoms with Gasteiger partial charge in [0.1, 0.15) is 6.17 Å². The Balaban J connectivity index is 2.02. The van der Waals surface area contributed by atoms with E-state index in [1.54, 1.807) is 18.2 Å². The second-order valence-corrected chi connectivity index (χ2v) is 8.65. The van der Waals surface area contributed by atoms with Gasteiger partial charge in [0.25, 0.3) is 0 Å². The lowest BCUT2D eigenvalue weighted by Gasteiger charge is -2.27. The third-order valence-electron chi connectivity index (χ3n) is 3.75. The molecule has 2 aromatic carbocycles. The molecule has 1 unspecified atom stereocenters. The summed E-state index contributed by atoms with van der Waals surface area (Å²) in [6, 6.07) is 14.4. The second-order valence-electron chi connectivity index (χ2n) is 5.87. The quantitative estimate of drug-likeness (QED) is 0.318. The fourth-order valence-corrected chi connectivity index (χ4v) is 2.97. The number of halogens is 3. The molecular formula is C19H20Cl3N3O3S. The maximum Gasteiger partial charge on any atom is 0.228 e. The van der Waals surface area contributed by atoms with Gasteiger partial charge in [-0.05, 0) is 42.0 Å². The van der Waals surface area contributed by atoms with Gasteiger partial charge in [-0.1, -0.05) is 59.1 Å². The van der Waals surface area contributed by atoms with Crippen LogP contribution in [-0.2, 0) is 11.2 Å². The van der Waals surface area contributed by atoms with Crippen molar-refractivity contribution in [1.29, 1.82) is 0 Å². The van der Waals surface area contributed by atoms with Gasteiger partial charge in [0.15, 0.2) is 16.6 Å². The van der Waals surface area contributed by atoms with E-state index in [-0.39, 0.29) is 17.4 Å². The summed E-state index contributed by atoms with van der Waals surface area (Å²) in [5.41, 5.74) is 1.46. The highest BCUT2D eigenvalue weighted by Gasteiger charge is 2.34. The summed E-state index contributed by atoms with van der Waals surface area (Å²) < 4.78 is 8.60. The van der Waals surface area contributed by atoms with Crippen LogP contribution in [0.4, 0.5) is 5.69 Å². The number of carbonyl (C=O) groups is 1. The van der Waals surface area contributed by atoms with Gasteiger partial charge in [0.2, 0.25) is 9.70 Å². The summed E-state index contributed by atoms with van der Waals surface area (Å²) in [6.07, 6.45) is -1.01. The van der Waals surface area contributed by atoms with Gasteiger partial charge >= 0.3 is 0 Å². The Morgan fingerprint density at radius 2 is 1.69 bits per heavy atom. The van der Waals surface area contributed by atoms with Crippen molar-refractivity contribution in [3.8, 4) is 11.5 Å². The van der Waals surface area contributed by atoms with Crippen molar-refractivity contribution in [2.45, 2.75) is 16.4 Å². The molecule has 0 saturated carbocycles. The molecule has 0 radical (unpaired) electrons. The number of benzene rings is 2. The molecule has 0 aromatic heterocycles. The number of methoxy groups -OCH3 is 2. The molecule has 0 bridgehead atoms. The Morgan fingerprint density at radius 3 is 2.28 bits per heavy atom. The monoisotopic (exact) mass is 475 g/mol. The topological polar surface area (TPSA) is 71.6 Å². The summed E-state index contributed by atoms with van der Waals surface area (Å²) in [7, 11) is 3.05. The second kappa shape index (κ2) is 10.7. The average Bonchev–Trinajstić information content (AvgIpc) is 2.67. The average molecular weight is 477 g/mol. The molecule has 0 aliphatic rings. The highest BCUT2D eigenvalue weighted by atomic mass is 35.6. The Morgan fingerprint density at radius 1 is 1.03 bits per heavy atom. The number of alkyl halides is 3. The van der Waals surface area contributed by atoms with Gasteiger partial charge in [-0.25, -0.2) is 0 Å². The summed E-state index contributed by atoms with van der Waals surface area (Å²) in [5.74, 6) is 0.709. The molecule has 2 aromatic rings. The normalized spacial score (nSPS) is 11.9. The van der Waals surface area contributed by atoms with Gasteiger partial charge in [0, 0.05) is 5.69 Å².